The lowest BCUT2D eigenvalue weighted by atomic mass is 10.2. The van der Waals surface area contributed by atoms with Gasteiger partial charge in [-0.2, -0.15) is 0 Å². The highest BCUT2D eigenvalue weighted by Crippen LogP contribution is 2.24. The number of rotatable bonds is 6. The molecule has 3 N–H and O–H groups in total. The Morgan fingerprint density at radius 3 is 2.58 bits per heavy atom. The smallest absolute Gasteiger partial charge is 0.241 e. The number of anilines is 1. The third kappa shape index (κ3) is 5.57. The number of aryl methyl sites for hydroxylation is 2. The first-order valence-electron chi connectivity index (χ1n) is 9.29. The minimum Gasteiger partial charge on any atom is -0.331 e. The molecule has 166 valence electrons. The van der Waals surface area contributed by atoms with E-state index in [4.69, 9.17) is 11.6 Å². The summed E-state index contributed by atoms with van der Waals surface area (Å²) in [6.45, 7) is 3.26. The number of carbonyl (C=O) groups is 2. The number of benzene rings is 2. The van der Waals surface area contributed by atoms with Crippen LogP contribution in [0.4, 0.5) is 10.1 Å². The lowest BCUT2D eigenvalue weighted by molar-refractivity contribution is -0.122. The zero-order valence-corrected chi connectivity index (χ0v) is 19.1. The van der Waals surface area contributed by atoms with E-state index in [0.717, 1.165) is 17.3 Å². The largest absolute Gasteiger partial charge is 0.331 e. The van der Waals surface area contributed by atoms with Crippen LogP contribution in [0.5, 0.6) is 0 Å². The van der Waals surface area contributed by atoms with Gasteiger partial charge in [-0.15, -0.1) is 11.8 Å². The van der Waals surface area contributed by atoms with Crippen molar-refractivity contribution in [2.24, 2.45) is 0 Å². The van der Waals surface area contributed by atoms with Crippen molar-refractivity contribution in [2.75, 3.05) is 17.6 Å². The van der Waals surface area contributed by atoms with E-state index in [1.165, 1.54) is 18.2 Å². The Hall–Kier alpha value is -2.14. The van der Waals surface area contributed by atoms with Gasteiger partial charge >= 0.3 is 0 Å². The molecule has 7 nitrogen and oxygen atoms in total. The molecular formula is C20H21ClFN3O4S2. The molecule has 2 unspecified atom stereocenters. The van der Waals surface area contributed by atoms with Crippen molar-refractivity contribution < 1.29 is 22.4 Å². The van der Waals surface area contributed by atoms with Gasteiger partial charge in [0, 0.05) is 17.3 Å². The second-order valence-corrected chi connectivity index (χ2v) is 10.7. The SMILES string of the molecule is Cc1ccc(NC(=O)CSC2NCC(S(=O)(=O)c3ccc(C)c(Cl)c3)C(=O)N2)cc1F. The molecule has 2 aromatic rings. The second-order valence-electron chi connectivity index (χ2n) is 7.06. The first-order chi connectivity index (χ1) is 14.6. The Balaban J connectivity index is 1.56. The Kier molecular flexibility index (Phi) is 7.25. The topological polar surface area (TPSA) is 104 Å². The van der Waals surface area contributed by atoms with Gasteiger partial charge in [-0.3, -0.25) is 14.9 Å². The van der Waals surface area contributed by atoms with Gasteiger partial charge in [0.25, 0.3) is 0 Å². The molecule has 0 saturated carbocycles. The fraction of sp³-hybridized carbons (Fsp3) is 0.300. The zero-order valence-electron chi connectivity index (χ0n) is 16.7. The summed E-state index contributed by atoms with van der Waals surface area (Å²) in [6, 6.07) is 8.71. The Labute approximate surface area is 189 Å². The van der Waals surface area contributed by atoms with Crippen molar-refractivity contribution in [3.63, 3.8) is 0 Å². The number of hydrogen-bond donors (Lipinski definition) is 3. The van der Waals surface area contributed by atoms with E-state index in [1.54, 1.807) is 32.0 Å². The van der Waals surface area contributed by atoms with Crippen LogP contribution in [0.1, 0.15) is 11.1 Å². The van der Waals surface area contributed by atoms with Crippen LogP contribution in [-0.2, 0) is 19.4 Å². The van der Waals surface area contributed by atoms with Crippen LogP contribution in [0.15, 0.2) is 41.3 Å². The number of amides is 2. The molecule has 1 heterocycles. The molecule has 1 fully saturated rings. The Morgan fingerprint density at radius 2 is 1.94 bits per heavy atom. The summed E-state index contributed by atoms with van der Waals surface area (Å²) in [5.41, 5.74) is 0.896. The highest BCUT2D eigenvalue weighted by atomic mass is 35.5. The van der Waals surface area contributed by atoms with Crippen molar-refractivity contribution in [2.45, 2.75) is 29.5 Å². The minimum absolute atomic E-state index is 0.0270. The van der Waals surface area contributed by atoms with Gasteiger partial charge in [0.2, 0.25) is 11.8 Å². The monoisotopic (exact) mass is 485 g/mol. The van der Waals surface area contributed by atoms with E-state index >= 15 is 0 Å². The van der Waals surface area contributed by atoms with Crippen LogP contribution in [0.3, 0.4) is 0 Å². The van der Waals surface area contributed by atoms with E-state index in [2.05, 4.69) is 16.0 Å². The summed E-state index contributed by atoms with van der Waals surface area (Å²) < 4.78 is 39.2. The quantitative estimate of drug-likeness (QED) is 0.581. The molecule has 2 aromatic carbocycles. The number of halogens is 2. The second kappa shape index (κ2) is 9.56. The number of nitrogens with one attached hydrogen (secondary N) is 3. The van der Waals surface area contributed by atoms with Gasteiger partial charge in [-0.1, -0.05) is 23.7 Å². The molecule has 0 radical (unpaired) electrons. The fourth-order valence-corrected chi connectivity index (χ4v) is 5.46. The molecule has 2 atom stereocenters. The molecule has 31 heavy (non-hydrogen) atoms. The molecule has 3 rings (SSSR count). The van der Waals surface area contributed by atoms with Crippen molar-refractivity contribution in [3.8, 4) is 0 Å². The van der Waals surface area contributed by atoms with Crippen LogP contribution in [0, 0.1) is 19.7 Å². The van der Waals surface area contributed by atoms with E-state index in [0.29, 0.717) is 16.3 Å². The van der Waals surface area contributed by atoms with E-state index in [1.807, 2.05) is 0 Å². The maximum atomic E-state index is 13.6. The standard InChI is InChI=1S/C20H21ClFN3O4S2/c1-11-4-6-14(8-15(11)21)31(28,29)17-9-23-20(25-19(17)27)30-10-18(26)24-13-5-3-12(2)16(22)7-13/h3-8,17,20,23H,9-10H2,1-2H3,(H,24,26)(H,25,27). The molecule has 0 aliphatic carbocycles. The lowest BCUT2D eigenvalue weighted by Crippen LogP contribution is -2.59. The van der Waals surface area contributed by atoms with Gasteiger partial charge in [0.1, 0.15) is 11.3 Å². The summed E-state index contributed by atoms with van der Waals surface area (Å²) in [5, 5.41) is 7.05. The molecule has 0 spiro atoms. The first kappa shape index (κ1) is 23.5. The Morgan fingerprint density at radius 1 is 1.23 bits per heavy atom. The van der Waals surface area contributed by atoms with Gasteiger partial charge in [0.05, 0.1) is 10.6 Å². The third-order valence-corrected chi connectivity index (χ3v) is 8.23. The maximum absolute atomic E-state index is 13.6. The molecule has 1 aliphatic heterocycles. The maximum Gasteiger partial charge on any atom is 0.241 e. The van der Waals surface area contributed by atoms with E-state index < -0.39 is 32.3 Å². The number of hydrogen-bond acceptors (Lipinski definition) is 6. The number of thioether (sulfide) groups is 1. The van der Waals surface area contributed by atoms with Gasteiger partial charge in [-0.05, 0) is 49.2 Å². The van der Waals surface area contributed by atoms with Crippen molar-refractivity contribution in [3.05, 3.63) is 58.4 Å². The zero-order chi connectivity index (χ0) is 22.8. The first-order valence-corrected chi connectivity index (χ1v) is 12.3. The summed E-state index contributed by atoms with van der Waals surface area (Å²) in [6.07, 6.45) is 0. The lowest BCUT2D eigenvalue weighted by Gasteiger charge is -2.29. The predicted octanol–water partition coefficient (Wildman–Crippen LogP) is 2.61. The van der Waals surface area contributed by atoms with Crippen LogP contribution < -0.4 is 16.0 Å². The highest BCUT2D eigenvalue weighted by Gasteiger charge is 2.38. The summed E-state index contributed by atoms with van der Waals surface area (Å²) in [7, 11) is -3.94. The van der Waals surface area contributed by atoms with Crippen molar-refractivity contribution >= 4 is 50.7 Å². The Bertz CT molecular complexity index is 1130. The molecule has 1 aliphatic rings. The molecule has 0 aromatic heterocycles. The summed E-state index contributed by atoms with van der Waals surface area (Å²) >= 11 is 7.10. The average Bonchev–Trinajstić information content (AvgIpc) is 2.71. The van der Waals surface area contributed by atoms with Crippen LogP contribution in [0.2, 0.25) is 5.02 Å². The molecule has 0 bridgehead atoms. The van der Waals surface area contributed by atoms with E-state index in [-0.39, 0.29) is 23.1 Å². The van der Waals surface area contributed by atoms with Crippen LogP contribution >= 0.6 is 23.4 Å². The van der Waals surface area contributed by atoms with Gasteiger partial charge in [-0.25, -0.2) is 12.8 Å². The van der Waals surface area contributed by atoms with Crippen LogP contribution in [0.25, 0.3) is 0 Å². The van der Waals surface area contributed by atoms with Gasteiger partial charge in [0.15, 0.2) is 15.1 Å². The third-order valence-electron chi connectivity index (χ3n) is 4.74. The normalized spacial score (nSPS) is 19.0. The van der Waals surface area contributed by atoms with Crippen molar-refractivity contribution in [1.82, 2.24) is 10.6 Å². The highest BCUT2D eigenvalue weighted by molar-refractivity contribution is 8.00. The molecular weight excluding hydrogens is 465 g/mol. The van der Waals surface area contributed by atoms with E-state index in [9.17, 15) is 22.4 Å². The average molecular weight is 486 g/mol. The molecule has 1 saturated heterocycles. The fourth-order valence-electron chi connectivity index (χ4n) is 2.87. The van der Waals surface area contributed by atoms with Gasteiger partial charge < -0.3 is 10.6 Å². The molecule has 2 amide bonds. The van der Waals surface area contributed by atoms with Crippen LogP contribution in [-0.4, -0.2) is 43.3 Å². The molecule has 11 heteroatoms. The van der Waals surface area contributed by atoms with Crippen molar-refractivity contribution in [1.29, 1.82) is 0 Å². The minimum atomic E-state index is -3.94. The number of carbonyl (C=O) groups excluding carboxylic acids is 2. The summed E-state index contributed by atoms with van der Waals surface area (Å²) in [5.74, 6) is -1.49. The predicted molar refractivity (Wildman–Crippen MR) is 119 cm³/mol. The number of sulfone groups is 1. The summed E-state index contributed by atoms with van der Waals surface area (Å²) in [4.78, 5) is 24.5.